The number of rotatable bonds is 7. The molecule has 0 radical (unpaired) electrons. The Morgan fingerprint density at radius 1 is 1.27 bits per heavy atom. The molecule has 6 N–H and O–H groups in total. The van der Waals surface area contributed by atoms with Crippen LogP contribution in [0.2, 0.25) is 0 Å². The van der Waals surface area contributed by atoms with Gasteiger partial charge in [0.25, 0.3) is 0 Å². The van der Waals surface area contributed by atoms with E-state index in [9.17, 15) is 9.59 Å². The number of hydrazine groups is 1. The molecule has 0 bridgehead atoms. The predicted molar refractivity (Wildman–Crippen MR) is 56.7 cm³/mol. The van der Waals surface area contributed by atoms with E-state index in [4.69, 9.17) is 5.84 Å². The average Bonchev–Trinajstić information content (AvgIpc) is 2.23. The van der Waals surface area contributed by atoms with E-state index in [-0.39, 0.29) is 18.4 Å². The van der Waals surface area contributed by atoms with Gasteiger partial charge in [-0.2, -0.15) is 0 Å². The van der Waals surface area contributed by atoms with E-state index < -0.39 is 6.04 Å². The fourth-order valence-corrected chi connectivity index (χ4v) is 0.839. The van der Waals surface area contributed by atoms with Gasteiger partial charge in [-0.15, -0.1) is 0 Å². The van der Waals surface area contributed by atoms with Crippen molar-refractivity contribution >= 4 is 11.8 Å². The van der Waals surface area contributed by atoms with Crippen LogP contribution in [-0.2, 0) is 9.59 Å². The molecule has 0 aromatic heterocycles. The van der Waals surface area contributed by atoms with Gasteiger partial charge in [-0.3, -0.25) is 15.4 Å². The minimum Gasteiger partial charge on any atom is -0.353 e. The summed E-state index contributed by atoms with van der Waals surface area (Å²) in [6.45, 7) is 2.72. The molecule has 0 heterocycles. The first-order chi connectivity index (χ1) is 7.11. The Bertz CT molecular complexity index is 209. The van der Waals surface area contributed by atoms with Gasteiger partial charge in [0.2, 0.25) is 11.8 Å². The van der Waals surface area contributed by atoms with Crippen LogP contribution in [0.4, 0.5) is 0 Å². The number of carbonyl (C=O) groups is 2. The molecule has 0 aliphatic rings. The molecular formula is C8H19N5O2. The lowest BCUT2D eigenvalue weighted by Gasteiger charge is -2.11. The zero-order valence-electron chi connectivity index (χ0n) is 9.09. The van der Waals surface area contributed by atoms with Crippen LogP contribution in [0.3, 0.4) is 0 Å². The van der Waals surface area contributed by atoms with Crippen LogP contribution in [-0.4, -0.2) is 44.5 Å². The van der Waals surface area contributed by atoms with Crippen LogP contribution in [0, 0.1) is 0 Å². The molecule has 0 saturated heterocycles. The Morgan fingerprint density at radius 2 is 1.87 bits per heavy atom. The monoisotopic (exact) mass is 217 g/mol. The van der Waals surface area contributed by atoms with Crippen molar-refractivity contribution in [3.8, 4) is 0 Å². The number of nitrogens with one attached hydrogen (secondary N) is 4. The Balaban J connectivity index is 3.46. The first kappa shape index (κ1) is 13.8. The fraction of sp³-hybridized carbons (Fsp3) is 0.750. The fourth-order valence-electron chi connectivity index (χ4n) is 0.839. The standard InChI is InChI=1S/C8H19N5O2/c1-6(13-9)8(15)12-4-3-11-7(14)5-10-2/h6,10,13H,3-5,9H2,1-2H3,(H,11,14)(H,12,15)/t6-/m0/s1. The quantitative estimate of drug-likeness (QED) is 0.181. The van der Waals surface area contributed by atoms with E-state index in [0.29, 0.717) is 13.1 Å². The molecular weight excluding hydrogens is 198 g/mol. The molecule has 88 valence electrons. The molecule has 7 nitrogen and oxygen atoms in total. The molecule has 0 fully saturated rings. The normalized spacial score (nSPS) is 11.9. The van der Waals surface area contributed by atoms with Crippen molar-refractivity contribution in [2.75, 3.05) is 26.7 Å². The Labute approximate surface area is 89.1 Å². The summed E-state index contributed by atoms with van der Waals surface area (Å²) in [4.78, 5) is 22.1. The maximum atomic E-state index is 11.2. The number of hydrogen-bond donors (Lipinski definition) is 5. The third kappa shape index (κ3) is 6.83. The van der Waals surface area contributed by atoms with Crippen LogP contribution >= 0.6 is 0 Å². The summed E-state index contributed by atoms with van der Waals surface area (Å²) in [6.07, 6.45) is 0. The van der Waals surface area contributed by atoms with Gasteiger partial charge in [-0.1, -0.05) is 0 Å². The van der Waals surface area contributed by atoms with E-state index in [1.807, 2.05) is 0 Å². The molecule has 7 heteroatoms. The highest BCUT2D eigenvalue weighted by molar-refractivity contribution is 5.81. The molecule has 0 aromatic carbocycles. The molecule has 1 atom stereocenters. The molecule has 0 aromatic rings. The Hall–Kier alpha value is -1.18. The maximum absolute atomic E-state index is 11.2. The number of nitrogens with two attached hydrogens (primary N) is 1. The second kappa shape index (κ2) is 8.16. The molecule has 2 amide bonds. The third-order valence-electron chi connectivity index (χ3n) is 1.73. The lowest BCUT2D eigenvalue weighted by Crippen LogP contribution is -2.47. The van der Waals surface area contributed by atoms with Crippen LogP contribution < -0.4 is 27.2 Å². The maximum Gasteiger partial charge on any atom is 0.238 e. The van der Waals surface area contributed by atoms with Gasteiger partial charge in [0.05, 0.1) is 12.6 Å². The highest BCUT2D eigenvalue weighted by Crippen LogP contribution is 1.76. The summed E-state index contributed by atoms with van der Waals surface area (Å²) >= 11 is 0. The summed E-state index contributed by atoms with van der Waals surface area (Å²) in [5, 5.41) is 7.96. The summed E-state index contributed by atoms with van der Waals surface area (Å²) in [7, 11) is 1.69. The molecule has 0 spiro atoms. The number of likely N-dealkylation sites (N-methyl/N-ethyl adjacent to an activating group) is 1. The number of hydrogen-bond acceptors (Lipinski definition) is 5. The van der Waals surface area contributed by atoms with Gasteiger partial charge in [0.1, 0.15) is 0 Å². The van der Waals surface area contributed by atoms with Crippen LogP contribution in [0.1, 0.15) is 6.92 Å². The predicted octanol–water partition coefficient (Wildman–Crippen LogP) is -2.71. The van der Waals surface area contributed by atoms with E-state index >= 15 is 0 Å². The first-order valence-electron chi connectivity index (χ1n) is 4.77. The number of amides is 2. The summed E-state index contributed by atoms with van der Waals surface area (Å²) in [5.41, 5.74) is 2.33. The van der Waals surface area contributed by atoms with Crippen molar-refractivity contribution in [3.05, 3.63) is 0 Å². The van der Waals surface area contributed by atoms with E-state index in [2.05, 4.69) is 21.4 Å². The highest BCUT2D eigenvalue weighted by Gasteiger charge is 2.08. The van der Waals surface area contributed by atoms with Crippen LogP contribution in [0.15, 0.2) is 0 Å². The van der Waals surface area contributed by atoms with Crippen molar-refractivity contribution < 1.29 is 9.59 Å². The topological polar surface area (TPSA) is 108 Å². The molecule has 15 heavy (non-hydrogen) atoms. The van der Waals surface area contributed by atoms with Crippen molar-refractivity contribution in [2.24, 2.45) is 5.84 Å². The number of carbonyl (C=O) groups excluding carboxylic acids is 2. The second-order valence-electron chi connectivity index (χ2n) is 3.06. The van der Waals surface area contributed by atoms with Gasteiger partial charge < -0.3 is 16.0 Å². The Kier molecular flexibility index (Phi) is 7.51. The largest absolute Gasteiger partial charge is 0.353 e. The average molecular weight is 217 g/mol. The lowest BCUT2D eigenvalue weighted by molar-refractivity contribution is -0.123. The van der Waals surface area contributed by atoms with E-state index in [0.717, 1.165) is 0 Å². The third-order valence-corrected chi connectivity index (χ3v) is 1.73. The van der Waals surface area contributed by atoms with E-state index in [1.165, 1.54) is 0 Å². The van der Waals surface area contributed by atoms with Crippen molar-refractivity contribution in [1.82, 2.24) is 21.4 Å². The van der Waals surface area contributed by atoms with Crippen molar-refractivity contribution in [1.29, 1.82) is 0 Å². The van der Waals surface area contributed by atoms with Gasteiger partial charge >= 0.3 is 0 Å². The summed E-state index contributed by atoms with van der Waals surface area (Å²) in [6, 6.07) is -0.432. The summed E-state index contributed by atoms with van der Waals surface area (Å²) < 4.78 is 0. The van der Waals surface area contributed by atoms with Gasteiger partial charge in [-0.25, -0.2) is 5.43 Å². The summed E-state index contributed by atoms with van der Waals surface area (Å²) in [5.74, 6) is 4.78. The van der Waals surface area contributed by atoms with Gasteiger partial charge in [0.15, 0.2) is 0 Å². The molecule has 0 aliphatic heterocycles. The second-order valence-corrected chi connectivity index (χ2v) is 3.06. The molecule has 0 unspecified atom stereocenters. The smallest absolute Gasteiger partial charge is 0.238 e. The Morgan fingerprint density at radius 3 is 2.40 bits per heavy atom. The molecule has 0 aliphatic carbocycles. The van der Waals surface area contributed by atoms with Crippen LogP contribution in [0.25, 0.3) is 0 Å². The first-order valence-corrected chi connectivity index (χ1v) is 4.77. The zero-order chi connectivity index (χ0) is 11.7. The van der Waals surface area contributed by atoms with Crippen molar-refractivity contribution in [3.63, 3.8) is 0 Å². The minimum absolute atomic E-state index is 0.100. The van der Waals surface area contributed by atoms with Crippen molar-refractivity contribution in [2.45, 2.75) is 13.0 Å². The van der Waals surface area contributed by atoms with Gasteiger partial charge in [-0.05, 0) is 14.0 Å². The van der Waals surface area contributed by atoms with Gasteiger partial charge in [0, 0.05) is 13.1 Å². The van der Waals surface area contributed by atoms with Crippen LogP contribution in [0.5, 0.6) is 0 Å². The lowest BCUT2D eigenvalue weighted by atomic mass is 10.3. The minimum atomic E-state index is -0.432. The molecule has 0 saturated carbocycles. The van der Waals surface area contributed by atoms with E-state index in [1.54, 1.807) is 14.0 Å². The molecule has 0 rings (SSSR count). The highest BCUT2D eigenvalue weighted by atomic mass is 16.2. The SMILES string of the molecule is CNCC(=O)NCCNC(=O)[C@H](C)NN. The zero-order valence-corrected chi connectivity index (χ0v) is 9.09.